The van der Waals surface area contributed by atoms with E-state index in [-0.39, 0.29) is 24.2 Å². The van der Waals surface area contributed by atoms with Crippen LogP contribution >= 0.6 is 0 Å². The molecule has 158 valence electrons. The monoisotopic (exact) mass is 419 g/mol. The molecule has 2 aromatic heterocycles. The van der Waals surface area contributed by atoms with Crippen LogP contribution in [0.1, 0.15) is 36.5 Å². The summed E-state index contributed by atoms with van der Waals surface area (Å²) in [5.74, 6) is 0.457. The van der Waals surface area contributed by atoms with E-state index in [0.29, 0.717) is 23.8 Å². The molecule has 7 nitrogen and oxygen atoms in total. The van der Waals surface area contributed by atoms with Gasteiger partial charge in [-0.25, -0.2) is 9.07 Å². The second-order valence-electron chi connectivity index (χ2n) is 7.24. The Hall–Kier alpha value is -3.81. The smallest absolute Gasteiger partial charge is 0.227 e. The molecule has 1 atom stereocenters. The molecule has 8 heteroatoms. The van der Waals surface area contributed by atoms with E-state index in [0.717, 1.165) is 16.8 Å². The van der Waals surface area contributed by atoms with E-state index in [1.807, 2.05) is 44.2 Å². The zero-order valence-corrected chi connectivity index (χ0v) is 17.2. The lowest BCUT2D eigenvalue weighted by atomic mass is 10.1. The minimum atomic E-state index is -0.327. The largest absolute Gasteiger partial charge is 0.349 e. The van der Waals surface area contributed by atoms with Gasteiger partial charge in [-0.05, 0) is 32.0 Å². The number of hydrogen-bond acceptors (Lipinski definition) is 5. The molecule has 0 saturated carbocycles. The molecular weight excluding hydrogens is 397 g/mol. The molecule has 0 radical (unpaired) electrons. The minimum absolute atomic E-state index is 0.134. The van der Waals surface area contributed by atoms with E-state index < -0.39 is 0 Å². The van der Waals surface area contributed by atoms with Gasteiger partial charge >= 0.3 is 0 Å². The maximum Gasteiger partial charge on any atom is 0.227 e. The lowest BCUT2D eigenvalue weighted by molar-refractivity contribution is -0.121. The minimum Gasteiger partial charge on any atom is -0.349 e. The standard InChI is InChI=1S/C23H22FN5O2/c1-15(20-14-25-29(16(20)2)19-10-6-9-18(24)13-19)26-21(30)11-12-22-27-23(28-31-22)17-7-4-3-5-8-17/h3-10,13-15H,11-12H2,1-2H3,(H,26,30). The second-order valence-corrected chi connectivity index (χ2v) is 7.24. The van der Waals surface area contributed by atoms with Gasteiger partial charge < -0.3 is 9.84 Å². The van der Waals surface area contributed by atoms with Gasteiger partial charge in [0.15, 0.2) is 0 Å². The third-order valence-corrected chi connectivity index (χ3v) is 5.01. The SMILES string of the molecule is Cc1c(C(C)NC(=O)CCc2nc(-c3ccccc3)no2)cnn1-c1cccc(F)c1. The number of aromatic nitrogens is 4. The number of benzene rings is 2. The average molecular weight is 419 g/mol. The number of carbonyl (C=O) groups is 1. The lowest BCUT2D eigenvalue weighted by Gasteiger charge is -2.14. The van der Waals surface area contributed by atoms with Crippen LogP contribution in [0.25, 0.3) is 17.1 Å². The molecule has 4 rings (SSSR count). The topological polar surface area (TPSA) is 85.8 Å². The van der Waals surface area contributed by atoms with Crippen molar-refractivity contribution in [3.05, 3.63) is 83.8 Å². The Labute approximate surface area is 178 Å². The summed E-state index contributed by atoms with van der Waals surface area (Å²) in [6.45, 7) is 3.78. The van der Waals surface area contributed by atoms with Crippen LogP contribution < -0.4 is 5.32 Å². The van der Waals surface area contributed by atoms with Crippen molar-refractivity contribution in [3.8, 4) is 17.1 Å². The third kappa shape index (κ3) is 4.69. The van der Waals surface area contributed by atoms with Gasteiger partial charge in [-0.3, -0.25) is 4.79 Å². The maximum absolute atomic E-state index is 13.5. The van der Waals surface area contributed by atoms with Crippen LogP contribution in [0.2, 0.25) is 0 Å². The normalized spacial score (nSPS) is 12.0. The number of aryl methyl sites for hydroxylation is 1. The lowest BCUT2D eigenvalue weighted by Crippen LogP contribution is -2.27. The maximum atomic E-state index is 13.5. The first-order valence-electron chi connectivity index (χ1n) is 9.99. The zero-order chi connectivity index (χ0) is 21.8. The molecule has 0 aliphatic heterocycles. The predicted molar refractivity (Wildman–Crippen MR) is 113 cm³/mol. The van der Waals surface area contributed by atoms with Crippen LogP contribution in [0.4, 0.5) is 4.39 Å². The summed E-state index contributed by atoms with van der Waals surface area (Å²) in [6.07, 6.45) is 2.26. The van der Waals surface area contributed by atoms with E-state index in [9.17, 15) is 9.18 Å². The molecule has 2 aromatic carbocycles. The Morgan fingerprint density at radius 1 is 1.19 bits per heavy atom. The van der Waals surface area contributed by atoms with Gasteiger partial charge in [0.25, 0.3) is 0 Å². The van der Waals surface area contributed by atoms with Gasteiger partial charge in [-0.1, -0.05) is 41.6 Å². The fraction of sp³-hybridized carbons (Fsp3) is 0.217. The summed E-state index contributed by atoms with van der Waals surface area (Å²) in [5.41, 5.74) is 3.19. The highest BCUT2D eigenvalue weighted by Crippen LogP contribution is 2.21. The Morgan fingerprint density at radius 3 is 2.77 bits per heavy atom. The highest BCUT2D eigenvalue weighted by atomic mass is 19.1. The summed E-state index contributed by atoms with van der Waals surface area (Å²) < 4.78 is 20.4. The van der Waals surface area contributed by atoms with Crippen LogP contribution in [0.5, 0.6) is 0 Å². The molecule has 4 aromatic rings. The summed E-state index contributed by atoms with van der Waals surface area (Å²) in [4.78, 5) is 16.8. The molecule has 31 heavy (non-hydrogen) atoms. The zero-order valence-electron chi connectivity index (χ0n) is 17.2. The van der Waals surface area contributed by atoms with Crippen LogP contribution in [-0.4, -0.2) is 25.8 Å². The molecule has 0 bridgehead atoms. The van der Waals surface area contributed by atoms with Gasteiger partial charge in [0, 0.05) is 29.7 Å². The van der Waals surface area contributed by atoms with Gasteiger partial charge in [0.1, 0.15) is 5.82 Å². The van der Waals surface area contributed by atoms with E-state index in [1.54, 1.807) is 23.0 Å². The molecule has 0 aliphatic rings. The first-order chi connectivity index (χ1) is 15.0. The molecule has 0 spiro atoms. The van der Waals surface area contributed by atoms with Crippen molar-refractivity contribution >= 4 is 5.91 Å². The van der Waals surface area contributed by atoms with Crippen LogP contribution in [0.3, 0.4) is 0 Å². The molecule has 1 N–H and O–H groups in total. The van der Waals surface area contributed by atoms with Crippen molar-refractivity contribution in [2.24, 2.45) is 0 Å². The van der Waals surface area contributed by atoms with Crippen molar-refractivity contribution in [3.63, 3.8) is 0 Å². The molecule has 0 fully saturated rings. The summed E-state index contributed by atoms with van der Waals surface area (Å²) >= 11 is 0. The number of halogens is 1. The molecule has 1 unspecified atom stereocenters. The average Bonchev–Trinajstić information content (AvgIpc) is 3.40. The van der Waals surface area contributed by atoms with Crippen molar-refractivity contribution in [1.29, 1.82) is 0 Å². The van der Waals surface area contributed by atoms with Gasteiger partial charge in [-0.15, -0.1) is 0 Å². The summed E-state index contributed by atoms with van der Waals surface area (Å²) in [6, 6.07) is 15.5. The van der Waals surface area contributed by atoms with Crippen molar-refractivity contribution in [1.82, 2.24) is 25.2 Å². The molecule has 0 aliphatic carbocycles. The predicted octanol–water partition coefficient (Wildman–Crippen LogP) is 4.18. The Kier molecular flexibility index (Phi) is 5.88. The molecular formula is C23H22FN5O2. The van der Waals surface area contributed by atoms with Crippen LogP contribution in [0, 0.1) is 12.7 Å². The van der Waals surface area contributed by atoms with E-state index >= 15 is 0 Å². The second kappa shape index (κ2) is 8.91. The highest BCUT2D eigenvalue weighted by Gasteiger charge is 2.17. The van der Waals surface area contributed by atoms with Crippen molar-refractivity contribution in [2.75, 3.05) is 0 Å². The number of nitrogens with zero attached hydrogens (tertiary/aromatic N) is 4. The Bertz CT molecular complexity index is 1190. The number of amides is 1. The van der Waals surface area contributed by atoms with Crippen LogP contribution in [0.15, 0.2) is 65.3 Å². The molecule has 0 saturated heterocycles. The number of hydrogen-bond donors (Lipinski definition) is 1. The van der Waals surface area contributed by atoms with E-state index in [1.165, 1.54) is 12.1 Å². The third-order valence-electron chi connectivity index (χ3n) is 5.01. The first-order valence-corrected chi connectivity index (χ1v) is 9.99. The van der Waals surface area contributed by atoms with Crippen LogP contribution in [-0.2, 0) is 11.2 Å². The van der Waals surface area contributed by atoms with E-state index in [4.69, 9.17) is 4.52 Å². The van der Waals surface area contributed by atoms with Gasteiger partial charge in [0.2, 0.25) is 17.6 Å². The fourth-order valence-corrected chi connectivity index (χ4v) is 3.39. The highest BCUT2D eigenvalue weighted by molar-refractivity contribution is 5.76. The summed E-state index contributed by atoms with van der Waals surface area (Å²) in [7, 11) is 0. The molecule has 2 heterocycles. The summed E-state index contributed by atoms with van der Waals surface area (Å²) in [5, 5.41) is 11.3. The fourth-order valence-electron chi connectivity index (χ4n) is 3.39. The number of carbonyl (C=O) groups excluding carboxylic acids is 1. The van der Waals surface area contributed by atoms with Gasteiger partial charge in [0.05, 0.1) is 17.9 Å². The number of rotatable bonds is 7. The van der Waals surface area contributed by atoms with Crippen molar-refractivity contribution < 1.29 is 13.7 Å². The number of nitrogens with one attached hydrogen (secondary N) is 1. The van der Waals surface area contributed by atoms with Crippen molar-refractivity contribution in [2.45, 2.75) is 32.7 Å². The van der Waals surface area contributed by atoms with E-state index in [2.05, 4.69) is 20.6 Å². The van der Waals surface area contributed by atoms with Gasteiger partial charge in [-0.2, -0.15) is 10.1 Å². The first kappa shape index (κ1) is 20.5. The Morgan fingerprint density at radius 2 is 2.00 bits per heavy atom. The molecule has 1 amide bonds. The Balaban J connectivity index is 1.36. The quantitative estimate of drug-likeness (QED) is 0.486.